The highest BCUT2D eigenvalue weighted by Gasteiger charge is 2.44. The number of carboxylic acid groups (broad SMARTS) is 1. The predicted octanol–water partition coefficient (Wildman–Crippen LogP) is 6.14. The lowest BCUT2D eigenvalue weighted by Crippen LogP contribution is -2.35. The second-order valence-corrected chi connectivity index (χ2v) is 7.83. The topological polar surface area (TPSA) is 70.4 Å². The standard InChI is InChI=1S/C22H15Cl2F4NO3/c23-17-4-1-12(9-16(17)21(31)32)19-8-11(5-6-29-19)7-15(20(30)22(26,27)28)14-3-2-13(25)10-18(14)24/h1-6,8-10,15,20,30H,7H2,(H,31,32). The van der Waals surface area contributed by atoms with Crippen molar-refractivity contribution in [3.05, 3.63) is 87.3 Å². The number of pyridine rings is 1. The number of aromatic nitrogens is 1. The van der Waals surface area contributed by atoms with Gasteiger partial charge in [0.25, 0.3) is 0 Å². The minimum Gasteiger partial charge on any atom is -0.478 e. The predicted molar refractivity (Wildman–Crippen MR) is 112 cm³/mol. The molecule has 0 saturated heterocycles. The molecule has 0 aliphatic carbocycles. The lowest BCUT2D eigenvalue weighted by Gasteiger charge is -2.26. The first-order chi connectivity index (χ1) is 15.0. The monoisotopic (exact) mass is 487 g/mol. The maximum atomic E-state index is 13.4. The first-order valence-corrected chi connectivity index (χ1v) is 9.91. The molecule has 1 heterocycles. The van der Waals surface area contributed by atoms with Crippen LogP contribution in [0.3, 0.4) is 0 Å². The summed E-state index contributed by atoms with van der Waals surface area (Å²) in [7, 11) is 0. The minimum atomic E-state index is -4.94. The number of rotatable bonds is 6. The average molecular weight is 488 g/mol. The van der Waals surface area contributed by atoms with Crippen LogP contribution in [0.4, 0.5) is 17.6 Å². The summed E-state index contributed by atoms with van der Waals surface area (Å²) in [6.07, 6.45) is -6.63. The first-order valence-electron chi connectivity index (χ1n) is 9.15. The largest absolute Gasteiger partial charge is 0.478 e. The zero-order chi connectivity index (χ0) is 23.6. The van der Waals surface area contributed by atoms with Crippen molar-refractivity contribution in [1.82, 2.24) is 4.98 Å². The number of carbonyl (C=O) groups is 1. The molecule has 2 N–H and O–H groups in total. The van der Waals surface area contributed by atoms with Crippen LogP contribution in [0.2, 0.25) is 10.0 Å². The molecule has 0 radical (unpaired) electrons. The third-order valence-corrected chi connectivity index (χ3v) is 5.51. The quantitative estimate of drug-likeness (QED) is 0.409. The van der Waals surface area contributed by atoms with Gasteiger partial charge >= 0.3 is 12.1 Å². The first kappa shape index (κ1) is 24.0. The van der Waals surface area contributed by atoms with Crippen LogP contribution in [-0.4, -0.2) is 33.4 Å². The Kier molecular flexibility index (Phi) is 7.07. The highest BCUT2D eigenvalue weighted by molar-refractivity contribution is 6.33. The van der Waals surface area contributed by atoms with E-state index in [9.17, 15) is 32.6 Å². The molecule has 10 heteroatoms. The number of alkyl halides is 3. The zero-order valence-electron chi connectivity index (χ0n) is 16.1. The van der Waals surface area contributed by atoms with E-state index in [-0.39, 0.29) is 27.6 Å². The summed E-state index contributed by atoms with van der Waals surface area (Å²) in [6, 6.07) is 10.1. The number of carboxylic acids is 1. The van der Waals surface area contributed by atoms with E-state index < -0.39 is 30.0 Å². The van der Waals surface area contributed by atoms with Crippen LogP contribution < -0.4 is 0 Å². The number of halogens is 6. The Morgan fingerprint density at radius 2 is 1.75 bits per heavy atom. The number of hydrogen-bond acceptors (Lipinski definition) is 3. The zero-order valence-corrected chi connectivity index (χ0v) is 17.6. The molecule has 0 bridgehead atoms. The maximum absolute atomic E-state index is 13.4. The molecule has 0 saturated carbocycles. The van der Waals surface area contributed by atoms with Gasteiger partial charge in [-0.25, -0.2) is 9.18 Å². The fourth-order valence-corrected chi connectivity index (χ4v) is 3.79. The summed E-state index contributed by atoms with van der Waals surface area (Å²) in [5, 5.41) is 19.0. The number of nitrogens with zero attached hydrogens (tertiary/aromatic N) is 1. The van der Waals surface area contributed by atoms with Crippen LogP contribution in [-0.2, 0) is 6.42 Å². The molecule has 168 valence electrons. The molecule has 0 aliphatic heterocycles. The van der Waals surface area contributed by atoms with Crippen LogP contribution in [0.5, 0.6) is 0 Å². The number of aliphatic hydroxyl groups excluding tert-OH is 1. The summed E-state index contributed by atoms with van der Waals surface area (Å²) in [4.78, 5) is 15.5. The normalized spacial score (nSPS) is 13.6. The van der Waals surface area contributed by atoms with E-state index in [0.29, 0.717) is 16.8 Å². The maximum Gasteiger partial charge on any atom is 0.414 e. The summed E-state index contributed by atoms with van der Waals surface area (Å²) in [5.74, 6) is -3.48. The Morgan fingerprint density at radius 1 is 1.03 bits per heavy atom. The molecule has 32 heavy (non-hydrogen) atoms. The van der Waals surface area contributed by atoms with Gasteiger partial charge in [-0.05, 0) is 53.9 Å². The van der Waals surface area contributed by atoms with Gasteiger partial charge in [0.05, 0.1) is 16.3 Å². The lowest BCUT2D eigenvalue weighted by molar-refractivity contribution is -0.210. The molecule has 0 aliphatic rings. The molecule has 2 atom stereocenters. The summed E-state index contributed by atoms with van der Waals surface area (Å²) >= 11 is 11.9. The highest BCUT2D eigenvalue weighted by Crippen LogP contribution is 2.38. The minimum absolute atomic E-state index is 0.0247. The summed E-state index contributed by atoms with van der Waals surface area (Å²) in [6.45, 7) is 0. The van der Waals surface area contributed by atoms with E-state index >= 15 is 0 Å². The second kappa shape index (κ2) is 9.44. The van der Waals surface area contributed by atoms with Crippen molar-refractivity contribution in [2.45, 2.75) is 24.6 Å². The van der Waals surface area contributed by atoms with Gasteiger partial charge in [0, 0.05) is 22.7 Å². The second-order valence-electron chi connectivity index (χ2n) is 7.01. The lowest BCUT2D eigenvalue weighted by atomic mass is 9.86. The number of aromatic carboxylic acids is 1. The number of hydrogen-bond donors (Lipinski definition) is 2. The van der Waals surface area contributed by atoms with Crippen molar-refractivity contribution in [3.63, 3.8) is 0 Å². The molecule has 0 spiro atoms. The Hall–Kier alpha value is -2.68. The van der Waals surface area contributed by atoms with Crippen molar-refractivity contribution in [1.29, 1.82) is 0 Å². The van der Waals surface area contributed by atoms with E-state index in [4.69, 9.17) is 23.2 Å². The molecule has 2 unspecified atom stereocenters. The molecule has 3 rings (SSSR count). The summed E-state index contributed by atoms with van der Waals surface area (Å²) < 4.78 is 53.5. The molecule has 2 aromatic carbocycles. The van der Waals surface area contributed by atoms with E-state index in [0.717, 1.165) is 18.2 Å². The molecule has 0 amide bonds. The number of benzene rings is 2. The van der Waals surface area contributed by atoms with E-state index in [2.05, 4.69) is 4.98 Å². The third kappa shape index (κ3) is 5.38. The van der Waals surface area contributed by atoms with Gasteiger partial charge in [-0.15, -0.1) is 0 Å². The summed E-state index contributed by atoms with van der Waals surface area (Å²) in [5.41, 5.74) is 0.847. The van der Waals surface area contributed by atoms with Crippen molar-refractivity contribution in [2.75, 3.05) is 0 Å². The SMILES string of the molecule is O=C(O)c1cc(-c2cc(CC(c3ccc(F)cc3Cl)C(O)C(F)(F)F)ccn2)ccc1Cl. The molecule has 4 nitrogen and oxygen atoms in total. The fraction of sp³-hybridized carbons (Fsp3) is 0.182. The Bertz CT molecular complexity index is 1150. The van der Waals surface area contributed by atoms with Gasteiger partial charge < -0.3 is 10.2 Å². The molecule has 0 fully saturated rings. The van der Waals surface area contributed by atoms with E-state index in [1.54, 1.807) is 0 Å². The molecular formula is C22H15Cl2F4NO3. The van der Waals surface area contributed by atoms with Crippen LogP contribution >= 0.6 is 23.2 Å². The van der Waals surface area contributed by atoms with Gasteiger partial charge in [-0.2, -0.15) is 13.2 Å². The van der Waals surface area contributed by atoms with Gasteiger partial charge in [0.1, 0.15) is 5.82 Å². The van der Waals surface area contributed by atoms with Crippen molar-refractivity contribution >= 4 is 29.2 Å². The average Bonchev–Trinajstić information content (AvgIpc) is 2.71. The smallest absolute Gasteiger partial charge is 0.414 e. The van der Waals surface area contributed by atoms with E-state index in [1.165, 1.54) is 36.5 Å². The Morgan fingerprint density at radius 3 is 2.38 bits per heavy atom. The fourth-order valence-electron chi connectivity index (χ4n) is 3.28. The molecule has 3 aromatic rings. The van der Waals surface area contributed by atoms with Crippen LogP contribution in [0.1, 0.15) is 27.4 Å². The number of aliphatic hydroxyl groups is 1. The van der Waals surface area contributed by atoms with Crippen molar-refractivity contribution in [3.8, 4) is 11.3 Å². The van der Waals surface area contributed by atoms with Crippen LogP contribution in [0, 0.1) is 5.82 Å². The van der Waals surface area contributed by atoms with Crippen molar-refractivity contribution < 1.29 is 32.6 Å². The van der Waals surface area contributed by atoms with Gasteiger partial charge in [0.15, 0.2) is 6.10 Å². The van der Waals surface area contributed by atoms with E-state index in [1.807, 2.05) is 0 Å². The highest BCUT2D eigenvalue weighted by atomic mass is 35.5. The molecular weight excluding hydrogens is 473 g/mol. The van der Waals surface area contributed by atoms with Gasteiger partial charge in [0.2, 0.25) is 0 Å². The Labute approximate surface area is 190 Å². The van der Waals surface area contributed by atoms with Crippen LogP contribution in [0.15, 0.2) is 54.7 Å². The van der Waals surface area contributed by atoms with Crippen LogP contribution in [0.25, 0.3) is 11.3 Å². The van der Waals surface area contributed by atoms with Gasteiger partial charge in [-0.1, -0.05) is 35.3 Å². The third-order valence-electron chi connectivity index (χ3n) is 4.85. The van der Waals surface area contributed by atoms with Gasteiger partial charge in [-0.3, -0.25) is 4.98 Å². The van der Waals surface area contributed by atoms with Crippen molar-refractivity contribution in [2.24, 2.45) is 0 Å². The Balaban J connectivity index is 2.01. The molecule has 1 aromatic heterocycles.